The number of nitrogens with one attached hydrogen (secondary N) is 1. The Labute approximate surface area is 140 Å². The molecule has 0 bridgehead atoms. The molecule has 1 N–H and O–H groups in total. The Kier molecular flexibility index (Phi) is 7.53. The highest BCUT2D eigenvalue weighted by atomic mass is 35.5. The molecule has 0 aliphatic rings. The molecular weight excluding hydrogens is 301 g/mol. The highest BCUT2D eigenvalue weighted by molar-refractivity contribution is 6.35. The molecule has 0 spiro atoms. The minimum atomic E-state index is 0.383. The normalized spacial score (nSPS) is 15.0. The molecule has 0 aromatic heterocycles. The maximum Gasteiger partial charge on any atom is 0.0453 e. The third kappa shape index (κ3) is 7.54. The van der Waals surface area contributed by atoms with Crippen molar-refractivity contribution in [2.75, 3.05) is 6.54 Å². The van der Waals surface area contributed by atoms with E-state index in [2.05, 4.69) is 39.9 Å². The van der Waals surface area contributed by atoms with Gasteiger partial charge in [-0.25, -0.2) is 0 Å². The predicted molar refractivity (Wildman–Crippen MR) is 95.5 cm³/mol. The van der Waals surface area contributed by atoms with Gasteiger partial charge in [0.25, 0.3) is 0 Å². The molecule has 1 nitrogen and oxygen atoms in total. The van der Waals surface area contributed by atoms with Crippen molar-refractivity contribution in [2.24, 2.45) is 11.3 Å². The Morgan fingerprint density at radius 3 is 2.38 bits per heavy atom. The second-order valence-corrected chi connectivity index (χ2v) is 8.14. The number of hydrogen-bond donors (Lipinski definition) is 1. The fraction of sp³-hybridized carbons (Fsp3) is 0.667. The Bertz CT molecular complexity index is 437. The summed E-state index contributed by atoms with van der Waals surface area (Å²) in [4.78, 5) is 0. The lowest BCUT2D eigenvalue weighted by Gasteiger charge is -2.27. The van der Waals surface area contributed by atoms with Gasteiger partial charge in [0.15, 0.2) is 0 Å². The standard InChI is InChI=1S/C18H29Cl2N/c1-6-21-16(9-13(2)12-18(3,4)5)10-14-7-8-15(19)11-17(14)20/h7-8,11,13,16,21H,6,9-10,12H2,1-5H3. The molecule has 0 amide bonds. The van der Waals surface area contributed by atoms with Gasteiger partial charge in [0.2, 0.25) is 0 Å². The SMILES string of the molecule is CCNC(Cc1ccc(Cl)cc1Cl)CC(C)CC(C)(C)C. The molecule has 1 aromatic rings. The van der Waals surface area contributed by atoms with Crippen molar-refractivity contribution in [1.82, 2.24) is 5.32 Å². The molecule has 0 aliphatic carbocycles. The van der Waals surface area contributed by atoms with Crippen LogP contribution in [0.2, 0.25) is 10.0 Å². The molecule has 0 aliphatic heterocycles. The maximum atomic E-state index is 6.30. The average molecular weight is 330 g/mol. The summed E-state index contributed by atoms with van der Waals surface area (Å²) in [5.41, 5.74) is 1.56. The van der Waals surface area contributed by atoms with Crippen LogP contribution < -0.4 is 5.32 Å². The summed E-state index contributed by atoms with van der Waals surface area (Å²) in [5, 5.41) is 5.07. The van der Waals surface area contributed by atoms with E-state index in [-0.39, 0.29) is 0 Å². The molecule has 1 aromatic carbocycles. The van der Waals surface area contributed by atoms with Gasteiger partial charge < -0.3 is 5.32 Å². The second kappa shape index (κ2) is 8.41. The number of likely N-dealkylation sites (N-methyl/N-ethyl adjacent to an activating group) is 1. The van der Waals surface area contributed by atoms with Gasteiger partial charge in [-0.2, -0.15) is 0 Å². The van der Waals surface area contributed by atoms with Crippen molar-refractivity contribution < 1.29 is 0 Å². The van der Waals surface area contributed by atoms with Crippen molar-refractivity contribution >= 4 is 23.2 Å². The summed E-state index contributed by atoms with van der Waals surface area (Å²) in [5.74, 6) is 0.695. The highest BCUT2D eigenvalue weighted by Gasteiger charge is 2.19. The smallest absolute Gasteiger partial charge is 0.0453 e. The highest BCUT2D eigenvalue weighted by Crippen LogP contribution is 2.28. The predicted octanol–water partition coefficient (Wildman–Crippen LogP) is 5.98. The monoisotopic (exact) mass is 329 g/mol. The van der Waals surface area contributed by atoms with Gasteiger partial charge in [0.05, 0.1) is 0 Å². The molecule has 21 heavy (non-hydrogen) atoms. The zero-order chi connectivity index (χ0) is 16.0. The Morgan fingerprint density at radius 1 is 1.19 bits per heavy atom. The Hall–Kier alpha value is -0.240. The van der Waals surface area contributed by atoms with E-state index in [0.29, 0.717) is 22.4 Å². The second-order valence-electron chi connectivity index (χ2n) is 7.30. The summed E-state index contributed by atoms with van der Waals surface area (Å²) in [7, 11) is 0. The molecule has 1 rings (SSSR count). The zero-order valence-corrected chi connectivity index (χ0v) is 15.5. The first-order chi connectivity index (χ1) is 9.71. The lowest BCUT2D eigenvalue weighted by molar-refractivity contribution is 0.275. The van der Waals surface area contributed by atoms with E-state index < -0.39 is 0 Å². The van der Waals surface area contributed by atoms with Gasteiger partial charge in [-0.1, -0.05) is 63.9 Å². The zero-order valence-electron chi connectivity index (χ0n) is 14.0. The van der Waals surface area contributed by atoms with Crippen LogP contribution in [0.25, 0.3) is 0 Å². The number of halogens is 2. The van der Waals surface area contributed by atoms with Gasteiger partial charge in [0.1, 0.15) is 0 Å². The Balaban J connectivity index is 2.68. The van der Waals surface area contributed by atoms with Gasteiger partial charge in [0, 0.05) is 16.1 Å². The summed E-state index contributed by atoms with van der Waals surface area (Å²) < 4.78 is 0. The molecule has 0 radical (unpaired) electrons. The maximum absolute atomic E-state index is 6.30. The molecule has 120 valence electrons. The van der Waals surface area contributed by atoms with Crippen LogP contribution in [0, 0.1) is 11.3 Å². The van der Waals surface area contributed by atoms with Crippen molar-refractivity contribution in [3.05, 3.63) is 33.8 Å². The summed E-state index contributed by atoms with van der Waals surface area (Å²) >= 11 is 12.3. The van der Waals surface area contributed by atoms with E-state index in [4.69, 9.17) is 23.2 Å². The van der Waals surface area contributed by atoms with E-state index in [0.717, 1.165) is 18.0 Å². The molecule has 0 saturated carbocycles. The van der Waals surface area contributed by atoms with E-state index in [1.807, 2.05) is 18.2 Å². The number of hydrogen-bond acceptors (Lipinski definition) is 1. The molecular formula is C18H29Cl2N. The lowest BCUT2D eigenvalue weighted by Crippen LogP contribution is -2.33. The van der Waals surface area contributed by atoms with Crippen LogP contribution in [-0.2, 0) is 6.42 Å². The lowest BCUT2D eigenvalue weighted by atomic mass is 9.82. The summed E-state index contributed by atoms with van der Waals surface area (Å²) in [6.45, 7) is 12.4. The van der Waals surface area contributed by atoms with Gasteiger partial charge in [-0.3, -0.25) is 0 Å². The van der Waals surface area contributed by atoms with Crippen LogP contribution in [-0.4, -0.2) is 12.6 Å². The van der Waals surface area contributed by atoms with Crippen LogP contribution in [0.15, 0.2) is 18.2 Å². The first-order valence-electron chi connectivity index (χ1n) is 7.88. The van der Waals surface area contributed by atoms with E-state index >= 15 is 0 Å². The van der Waals surface area contributed by atoms with Crippen LogP contribution >= 0.6 is 23.2 Å². The van der Waals surface area contributed by atoms with Crippen LogP contribution in [0.3, 0.4) is 0 Å². The number of rotatable bonds is 7. The van der Waals surface area contributed by atoms with Crippen molar-refractivity contribution in [2.45, 2.75) is 59.9 Å². The Morgan fingerprint density at radius 2 is 1.86 bits per heavy atom. The van der Waals surface area contributed by atoms with Gasteiger partial charge in [-0.15, -0.1) is 0 Å². The molecule has 0 fully saturated rings. The van der Waals surface area contributed by atoms with E-state index in [9.17, 15) is 0 Å². The fourth-order valence-electron chi connectivity index (χ4n) is 3.09. The topological polar surface area (TPSA) is 12.0 Å². The van der Waals surface area contributed by atoms with Crippen molar-refractivity contribution in [3.63, 3.8) is 0 Å². The minimum absolute atomic E-state index is 0.383. The van der Waals surface area contributed by atoms with E-state index in [1.54, 1.807) is 0 Å². The van der Waals surface area contributed by atoms with E-state index in [1.165, 1.54) is 18.4 Å². The first-order valence-corrected chi connectivity index (χ1v) is 8.64. The third-order valence-corrected chi connectivity index (χ3v) is 4.21. The largest absolute Gasteiger partial charge is 0.314 e. The number of benzene rings is 1. The fourth-order valence-corrected chi connectivity index (χ4v) is 3.58. The van der Waals surface area contributed by atoms with Gasteiger partial charge in [-0.05, 0) is 54.8 Å². The van der Waals surface area contributed by atoms with Crippen molar-refractivity contribution in [1.29, 1.82) is 0 Å². The molecule has 0 heterocycles. The molecule has 2 atom stereocenters. The van der Waals surface area contributed by atoms with Crippen molar-refractivity contribution in [3.8, 4) is 0 Å². The quantitative estimate of drug-likeness (QED) is 0.649. The van der Waals surface area contributed by atoms with Crippen LogP contribution in [0.1, 0.15) is 53.0 Å². The third-order valence-electron chi connectivity index (χ3n) is 3.62. The summed E-state index contributed by atoms with van der Waals surface area (Å²) in [6, 6.07) is 6.26. The minimum Gasteiger partial charge on any atom is -0.314 e. The molecule has 3 heteroatoms. The molecule has 2 unspecified atom stereocenters. The average Bonchev–Trinajstić information content (AvgIpc) is 2.30. The van der Waals surface area contributed by atoms with Crippen LogP contribution in [0.4, 0.5) is 0 Å². The summed E-state index contributed by atoms with van der Waals surface area (Å²) in [6.07, 6.45) is 3.37. The molecule has 0 saturated heterocycles. The van der Waals surface area contributed by atoms with Crippen LogP contribution in [0.5, 0.6) is 0 Å². The first kappa shape index (κ1) is 18.8. The van der Waals surface area contributed by atoms with Gasteiger partial charge >= 0.3 is 0 Å².